The third kappa shape index (κ3) is 6.02. The highest BCUT2D eigenvalue weighted by molar-refractivity contribution is 6.46. The number of ether oxygens (including phenoxy) is 2. The summed E-state index contributed by atoms with van der Waals surface area (Å²) in [5.74, 6) is -0.154. The first-order valence-corrected chi connectivity index (χ1v) is 12.6. The zero-order valence-electron chi connectivity index (χ0n) is 21.5. The second-order valence-corrected chi connectivity index (χ2v) is 9.26. The summed E-state index contributed by atoms with van der Waals surface area (Å²) in [6.07, 6.45) is 6.79. The van der Waals surface area contributed by atoms with Crippen molar-refractivity contribution in [3.8, 4) is 11.5 Å². The van der Waals surface area contributed by atoms with Crippen molar-refractivity contribution in [2.75, 3.05) is 13.2 Å². The molecule has 194 valence electrons. The molecule has 1 aliphatic rings. The number of rotatable bonds is 11. The predicted molar refractivity (Wildman–Crippen MR) is 140 cm³/mol. The fraction of sp³-hybridized carbons (Fsp3) is 0.345. The number of aliphatic hydroxyl groups is 1. The average Bonchev–Trinajstić information content (AvgIpc) is 3.50. The fourth-order valence-electron chi connectivity index (χ4n) is 4.39. The number of nitrogens with zero attached hydrogens (tertiary/aromatic N) is 3. The molecule has 1 aromatic heterocycles. The van der Waals surface area contributed by atoms with Crippen LogP contribution < -0.4 is 9.47 Å². The van der Waals surface area contributed by atoms with E-state index < -0.39 is 17.7 Å². The lowest BCUT2D eigenvalue weighted by molar-refractivity contribution is -0.139. The molecule has 2 heterocycles. The molecule has 0 saturated carbocycles. The first kappa shape index (κ1) is 26.0. The molecule has 1 N–H and O–H groups in total. The van der Waals surface area contributed by atoms with E-state index in [2.05, 4.69) is 4.98 Å². The van der Waals surface area contributed by atoms with E-state index in [1.54, 1.807) is 41.7 Å². The number of likely N-dealkylation sites (tertiary alicyclic amines) is 1. The Morgan fingerprint density at radius 1 is 1.03 bits per heavy atom. The minimum absolute atomic E-state index is 0.0105. The van der Waals surface area contributed by atoms with Gasteiger partial charge in [0.25, 0.3) is 11.7 Å². The monoisotopic (exact) mass is 503 g/mol. The lowest BCUT2D eigenvalue weighted by Crippen LogP contribution is -2.31. The Balaban J connectivity index is 1.68. The molecule has 4 rings (SSSR count). The van der Waals surface area contributed by atoms with Crippen molar-refractivity contribution >= 4 is 17.4 Å². The van der Waals surface area contributed by atoms with E-state index >= 15 is 0 Å². The van der Waals surface area contributed by atoms with Crippen LogP contribution in [-0.2, 0) is 16.1 Å². The number of benzene rings is 2. The third-order valence-corrected chi connectivity index (χ3v) is 6.08. The Hall–Kier alpha value is -4.07. The molecule has 0 bridgehead atoms. The minimum Gasteiger partial charge on any atom is -0.507 e. The number of ketones is 1. The normalized spacial score (nSPS) is 17.0. The molecule has 1 fully saturated rings. The number of carbonyl (C=O) groups excluding carboxylic acids is 2. The van der Waals surface area contributed by atoms with Gasteiger partial charge in [0.2, 0.25) is 0 Å². The van der Waals surface area contributed by atoms with Gasteiger partial charge in [0.05, 0.1) is 30.7 Å². The average molecular weight is 504 g/mol. The van der Waals surface area contributed by atoms with Crippen molar-refractivity contribution < 1.29 is 24.2 Å². The van der Waals surface area contributed by atoms with Crippen LogP contribution in [0.3, 0.4) is 0 Å². The van der Waals surface area contributed by atoms with Gasteiger partial charge in [-0.1, -0.05) is 19.1 Å². The van der Waals surface area contributed by atoms with Crippen LogP contribution in [0.4, 0.5) is 0 Å². The molecule has 1 saturated heterocycles. The Morgan fingerprint density at radius 2 is 1.73 bits per heavy atom. The molecule has 1 atom stereocenters. The van der Waals surface area contributed by atoms with Crippen LogP contribution in [0.5, 0.6) is 11.5 Å². The van der Waals surface area contributed by atoms with Gasteiger partial charge in [-0.25, -0.2) is 4.98 Å². The van der Waals surface area contributed by atoms with Gasteiger partial charge >= 0.3 is 0 Å². The zero-order valence-corrected chi connectivity index (χ0v) is 21.5. The number of amides is 1. The molecule has 8 nitrogen and oxygen atoms in total. The smallest absolute Gasteiger partial charge is 0.295 e. The van der Waals surface area contributed by atoms with Crippen LogP contribution in [-0.4, -0.2) is 50.5 Å². The molecule has 37 heavy (non-hydrogen) atoms. The number of aromatic nitrogens is 2. The Labute approximate surface area is 217 Å². The molecule has 0 aliphatic carbocycles. The molecule has 2 aromatic carbocycles. The number of Topliss-reactive ketones (excluding diaryl/α,β-unsaturated/α-hetero) is 1. The molecule has 1 unspecified atom stereocenters. The van der Waals surface area contributed by atoms with Crippen molar-refractivity contribution in [1.29, 1.82) is 0 Å². The fourth-order valence-corrected chi connectivity index (χ4v) is 4.39. The van der Waals surface area contributed by atoms with Gasteiger partial charge in [0.15, 0.2) is 0 Å². The lowest BCUT2D eigenvalue weighted by atomic mass is 9.95. The van der Waals surface area contributed by atoms with Crippen LogP contribution in [0.1, 0.15) is 50.8 Å². The van der Waals surface area contributed by atoms with Crippen molar-refractivity contribution in [2.24, 2.45) is 0 Å². The molecule has 8 heteroatoms. The molecule has 1 amide bonds. The zero-order chi connectivity index (χ0) is 26.4. The quantitative estimate of drug-likeness (QED) is 0.226. The van der Waals surface area contributed by atoms with Crippen molar-refractivity contribution in [3.05, 3.63) is 84.0 Å². The number of carbonyl (C=O) groups is 2. The highest BCUT2D eigenvalue weighted by Gasteiger charge is 2.45. The summed E-state index contributed by atoms with van der Waals surface area (Å²) < 4.78 is 13.3. The van der Waals surface area contributed by atoms with E-state index in [4.69, 9.17) is 9.47 Å². The summed E-state index contributed by atoms with van der Waals surface area (Å²) in [5, 5.41) is 11.3. The lowest BCUT2D eigenvalue weighted by Gasteiger charge is -2.25. The van der Waals surface area contributed by atoms with Crippen molar-refractivity contribution in [3.63, 3.8) is 0 Å². The summed E-state index contributed by atoms with van der Waals surface area (Å²) in [7, 11) is 0. The second-order valence-electron chi connectivity index (χ2n) is 9.26. The first-order valence-electron chi connectivity index (χ1n) is 12.6. The number of hydrogen-bond donors (Lipinski definition) is 1. The summed E-state index contributed by atoms with van der Waals surface area (Å²) in [6, 6.07) is 13.5. The van der Waals surface area contributed by atoms with Gasteiger partial charge in [0, 0.05) is 31.0 Å². The number of hydrogen-bond acceptors (Lipinski definition) is 6. The van der Waals surface area contributed by atoms with Crippen molar-refractivity contribution in [1.82, 2.24) is 14.5 Å². The van der Waals surface area contributed by atoms with Crippen LogP contribution >= 0.6 is 0 Å². The molecule has 0 radical (unpaired) electrons. The van der Waals surface area contributed by atoms with Crippen LogP contribution in [0.15, 0.2) is 72.8 Å². The predicted octanol–water partition coefficient (Wildman–Crippen LogP) is 4.97. The van der Waals surface area contributed by atoms with Gasteiger partial charge in [-0.2, -0.15) is 0 Å². The Kier molecular flexibility index (Phi) is 8.28. The summed E-state index contributed by atoms with van der Waals surface area (Å²) in [5.41, 5.74) is 1.25. The van der Waals surface area contributed by atoms with E-state index in [1.807, 2.05) is 55.8 Å². The maximum Gasteiger partial charge on any atom is 0.295 e. The van der Waals surface area contributed by atoms with E-state index in [0.717, 1.165) is 12.0 Å². The third-order valence-electron chi connectivity index (χ3n) is 6.08. The largest absolute Gasteiger partial charge is 0.507 e. The Bertz CT molecular complexity index is 1230. The highest BCUT2D eigenvalue weighted by atomic mass is 16.5. The Morgan fingerprint density at radius 3 is 2.35 bits per heavy atom. The molecular weight excluding hydrogens is 470 g/mol. The van der Waals surface area contributed by atoms with Gasteiger partial charge in [0.1, 0.15) is 17.3 Å². The summed E-state index contributed by atoms with van der Waals surface area (Å²) in [6.45, 7) is 7.49. The molecule has 1 aliphatic heterocycles. The van der Waals surface area contributed by atoms with Gasteiger partial charge in [-0.05, 0) is 68.7 Å². The second kappa shape index (κ2) is 11.8. The van der Waals surface area contributed by atoms with E-state index in [-0.39, 0.29) is 17.4 Å². The first-order chi connectivity index (χ1) is 17.9. The van der Waals surface area contributed by atoms with E-state index in [0.29, 0.717) is 43.2 Å². The maximum absolute atomic E-state index is 13.3. The molecular formula is C29H33N3O5. The number of aliphatic hydroxyl groups excluding tert-OH is 1. The van der Waals surface area contributed by atoms with Crippen molar-refractivity contribution in [2.45, 2.75) is 52.3 Å². The van der Waals surface area contributed by atoms with Gasteiger partial charge in [-0.15, -0.1) is 0 Å². The minimum atomic E-state index is -0.713. The van der Waals surface area contributed by atoms with Crippen LogP contribution in [0, 0.1) is 0 Å². The number of imidazole rings is 1. The molecule has 3 aromatic rings. The van der Waals surface area contributed by atoms with Gasteiger partial charge in [-0.3, -0.25) is 9.59 Å². The van der Waals surface area contributed by atoms with Gasteiger partial charge < -0.3 is 24.0 Å². The number of aryl methyl sites for hydroxylation is 1. The summed E-state index contributed by atoms with van der Waals surface area (Å²) in [4.78, 5) is 32.0. The van der Waals surface area contributed by atoms with E-state index in [9.17, 15) is 14.7 Å². The van der Waals surface area contributed by atoms with Crippen LogP contribution in [0.25, 0.3) is 5.76 Å². The topological polar surface area (TPSA) is 93.9 Å². The molecule has 0 spiro atoms. The SMILES string of the molecule is CCCOc1ccc(C2/C(=C(\O)c3ccc(OC(C)C)cc3)C(=O)C(=O)N2CCCn2ccnc2)cc1. The standard InChI is InChI=1S/C29H33N3O5/c1-4-18-36-23-10-6-21(7-11-23)26-25(27(33)22-8-12-24(13-9-22)37-20(2)3)28(34)29(35)32(26)16-5-15-31-17-14-30-19-31/h6-14,17,19-20,26,33H,4-5,15-16,18H2,1-3H3/b27-25+. The van der Waals surface area contributed by atoms with Crippen LogP contribution in [0.2, 0.25) is 0 Å². The maximum atomic E-state index is 13.3. The van der Waals surface area contributed by atoms with E-state index in [1.165, 1.54) is 0 Å². The summed E-state index contributed by atoms with van der Waals surface area (Å²) >= 11 is 0. The highest BCUT2D eigenvalue weighted by Crippen LogP contribution is 2.40.